The summed E-state index contributed by atoms with van der Waals surface area (Å²) >= 11 is 1.68. The zero-order valence-electron chi connectivity index (χ0n) is 10.7. The smallest absolute Gasteiger partial charge is 0.196 e. The molecule has 0 saturated carbocycles. The van der Waals surface area contributed by atoms with Crippen molar-refractivity contribution in [2.45, 2.75) is 20.8 Å². The first-order valence-corrected chi connectivity index (χ1v) is 6.70. The maximum Gasteiger partial charge on any atom is 0.196 e. The van der Waals surface area contributed by atoms with Gasteiger partial charge >= 0.3 is 0 Å². The predicted molar refractivity (Wildman–Crippen MR) is 77.1 cm³/mol. The predicted octanol–water partition coefficient (Wildman–Crippen LogP) is 3.57. The van der Waals surface area contributed by atoms with Crippen LogP contribution in [0.1, 0.15) is 16.1 Å². The molecule has 92 valence electrons. The van der Waals surface area contributed by atoms with Crippen LogP contribution in [0.4, 0.5) is 5.82 Å². The molecule has 0 aliphatic rings. The van der Waals surface area contributed by atoms with E-state index in [0.29, 0.717) is 0 Å². The molecule has 2 aromatic heterocycles. The van der Waals surface area contributed by atoms with E-state index < -0.39 is 0 Å². The second-order valence-corrected chi connectivity index (χ2v) is 5.75. The molecule has 4 heteroatoms. The van der Waals surface area contributed by atoms with E-state index in [9.17, 15) is 0 Å². The second kappa shape index (κ2) is 3.85. The van der Waals surface area contributed by atoms with E-state index >= 15 is 0 Å². The molecule has 0 radical (unpaired) electrons. The summed E-state index contributed by atoms with van der Waals surface area (Å²) in [4.78, 5) is 6.71. The van der Waals surface area contributed by atoms with Crippen LogP contribution in [0.15, 0.2) is 24.3 Å². The average molecular weight is 257 g/mol. The summed E-state index contributed by atoms with van der Waals surface area (Å²) in [5.41, 5.74) is 10.6. The number of hydrogen-bond acceptors (Lipinski definition) is 3. The molecule has 0 amide bonds. The molecule has 0 bridgehead atoms. The van der Waals surface area contributed by atoms with Gasteiger partial charge in [0.2, 0.25) is 0 Å². The van der Waals surface area contributed by atoms with Crippen LogP contribution in [0.2, 0.25) is 0 Å². The van der Waals surface area contributed by atoms with Crippen molar-refractivity contribution in [3.63, 3.8) is 0 Å². The number of aromatic nitrogens is 2. The number of fused-ring (bicyclic) bond motifs is 1. The third-order valence-corrected chi connectivity index (χ3v) is 4.15. The van der Waals surface area contributed by atoms with Gasteiger partial charge in [-0.05, 0) is 26.3 Å². The van der Waals surface area contributed by atoms with Gasteiger partial charge in [-0.2, -0.15) is 0 Å². The van der Waals surface area contributed by atoms with Crippen molar-refractivity contribution in [2.24, 2.45) is 0 Å². The number of nitrogen functional groups attached to an aromatic ring is 1. The summed E-state index contributed by atoms with van der Waals surface area (Å²) in [5.74, 6) is 0.741. The third-order valence-electron chi connectivity index (χ3n) is 3.19. The lowest BCUT2D eigenvalue weighted by atomic mass is 10.1. The monoisotopic (exact) mass is 257 g/mol. The molecule has 0 aliphatic carbocycles. The average Bonchev–Trinajstić information content (AvgIpc) is 2.78. The Morgan fingerprint density at radius 3 is 2.44 bits per heavy atom. The Bertz CT molecular complexity index is 720. The van der Waals surface area contributed by atoms with Crippen molar-refractivity contribution in [3.8, 4) is 11.3 Å². The molecule has 3 aromatic rings. The second-order valence-electron chi connectivity index (χ2n) is 4.57. The number of benzene rings is 1. The molecular weight excluding hydrogens is 242 g/mol. The van der Waals surface area contributed by atoms with Crippen molar-refractivity contribution in [1.29, 1.82) is 0 Å². The molecule has 3 nitrogen and oxygen atoms in total. The molecule has 0 aliphatic heterocycles. The summed E-state index contributed by atoms with van der Waals surface area (Å²) in [6.45, 7) is 6.15. The molecule has 0 saturated heterocycles. The van der Waals surface area contributed by atoms with Crippen molar-refractivity contribution in [1.82, 2.24) is 9.38 Å². The Balaban J connectivity index is 2.33. The van der Waals surface area contributed by atoms with Gasteiger partial charge in [0.05, 0.1) is 11.4 Å². The number of hydrogen-bond donors (Lipinski definition) is 1. The number of nitrogens with zero attached hydrogens (tertiary/aromatic N) is 2. The lowest BCUT2D eigenvalue weighted by molar-refractivity contribution is 1.22. The van der Waals surface area contributed by atoms with Crippen LogP contribution in [0, 0.1) is 20.8 Å². The quantitative estimate of drug-likeness (QED) is 0.724. The molecule has 0 unspecified atom stereocenters. The van der Waals surface area contributed by atoms with Crippen LogP contribution < -0.4 is 5.73 Å². The van der Waals surface area contributed by atoms with Crippen molar-refractivity contribution in [3.05, 3.63) is 40.4 Å². The molecular formula is C14H15N3S. The van der Waals surface area contributed by atoms with Gasteiger partial charge in [0.1, 0.15) is 5.82 Å². The first-order chi connectivity index (χ1) is 8.58. The SMILES string of the molecule is Cc1ccc(-c2c(C)sc3nc(C)c(N)n23)cc1. The van der Waals surface area contributed by atoms with Gasteiger partial charge < -0.3 is 5.73 Å². The highest BCUT2D eigenvalue weighted by molar-refractivity contribution is 7.17. The fraction of sp³-hybridized carbons (Fsp3) is 0.214. The van der Waals surface area contributed by atoms with E-state index in [1.54, 1.807) is 11.3 Å². The number of aryl methyl sites for hydroxylation is 3. The summed E-state index contributed by atoms with van der Waals surface area (Å²) in [5, 5.41) is 0. The Morgan fingerprint density at radius 1 is 1.11 bits per heavy atom. The standard InChI is InChI=1S/C14H15N3S/c1-8-4-6-11(7-5-8)12-10(3)18-14-16-9(2)13(15)17(12)14/h4-7H,15H2,1-3H3. The number of nitrogens with two attached hydrogens (primary N) is 1. The van der Waals surface area contributed by atoms with Gasteiger partial charge in [0.25, 0.3) is 0 Å². The van der Waals surface area contributed by atoms with Gasteiger partial charge in [0, 0.05) is 4.88 Å². The Morgan fingerprint density at radius 2 is 1.78 bits per heavy atom. The van der Waals surface area contributed by atoms with Gasteiger partial charge in [-0.25, -0.2) is 4.98 Å². The van der Waals surface area contributed by atoms with Gasteiger partial charge in [0.15, 0.2) is 4.96 Å². The minimum atomic E-state index is 0.741. The molecule has 0 atom stereocenters. The minimum absolute atomic E-state index is 0.741. The van der Waals surface area contributed by atoms with E-state index in [1.165, 1.54) is 16.0 Å². The van der Waals surface area contributed by atoms with E-state index in [2.05, 4.69) is 47.5 Å². The lowest BCUT2D eigenvalue weighted by Crippen LogP contribution is -1.96. The highest BCUT2D eigenvalue weighted by Crippen LogP contribution is 2.34. The molecule has 2 N–H and O–H groups in total. The fourth-order valence-corrected chi connectivity index (χ4v) is 3.23. The normalized spacial score (nSPS) is 11.3. The Hall–Kier alpha value is -1.81. The highest BCUT2D eigenvalue weighted by Gasteiger charge is 2.16. The zero-order valence-corrected chi connectivity index (χ0v) is 11.5. The van der Waals surface area contributed by atoms with E-state index in [0.717, 1.165) is 22.2 Å². The number of imidazole rings is 1. The molecule has 0 spiro atoms. The summed E-state index contributed by atoms with van der Waals surface area (Å²) < 4.78 is 2.06. The summed E-state index contributed by atoms with van der Waals surface area (Å²) in [6, 6.07) is 8.52. The molecule has 0 fully saturated rings. The molecule has 18 heavy (non-hydrogen) atoms. The van der Waals surface area contributed by atoms with Crippen LogP contribution in [0.5, 0.6) is 0 Å². The van der Waals surface area contributed by atoms with Crippen LogP contribution in [-0.2, 0) is 0 Å². The first-order valence-electron chi connectivity index (χ1n) is 5.89. The van der Waals surface area contributed by atoms with Crippen LogP contribution in [-0.4, -0.2) is 9.38 Å². The topological polar surface area (TPSA) is 43.3 Å². The Labute approximate surface area is 110 Å². The maximum atomic E-state index is 6.13. The van der Waals surface area contributed by atoms with Gasteiger partial charge in [-0.1, -0.05) is 29.8 Å². The lowest BCUT2D eigenvalue weighted by Gasteiger charge is -2.04. The van der Waals surface area contributed by atoms with Crippen LogP contribution in [0.3, 0.4) is 0 Å². The highest BCUT2D eigenvalue weighted by atomic mass is 32.1. The van der Waals surface area contributed by atoms with E-state index in [4.69, 9.17) is 5.73 Å². The molecule has 3 rings (SSSR count). The number of anilines is 1. The van der Waals surface area contributed by atoms with Gasteiger partial charge in [-0.3, -0.25) is 4.40 Å². The first kappa shape index (κ1) is 11.3. The number of thiazole rings is 1. The van der Waals surface area contributed by atoms with E-state index in [-0.39, 0.29) is 0 Å². The minimum Gasteiger partial charge on any atom is -0.383 e. The van der Waals surface area contributed by atoms with Crippen LogP contribution >= 0.6 is 11.3 Å². The zero-order chi connectivity index (χ0) is 12.9. The molecule has 1 aromatic carbocycles. The van der Waals surface area contributed by atoms with Crippen LogP contribution in [0.25, 0.3) is 16.2 Å². The van der Waals surface area contributed by atoms with E-state index in [1.807, 2.05) is 6.92 Å². The molecule has 2 heterocycles. The van der Waals surface area contributed by atoms with Crippen molar-refractivity contribution in [2.75, 3.05) is 5.73 Å². The number of rotatable bonds is 1. The third kappa shape index (κ3) is 1.53. The Kier molecular flexibility index (Phi) is 2.41. The van der Waals surface area contributed by atoms with Crippen molar-refractivity contribution < 1.29 is 0 Å². The van der Waals surface area contributed by atoms with Gasteiger partial charge in [-0.15, -0.1) is 11.3 Å². The largest absolute Gasteiger partial charge is 0.383 e. The fourth-order valence-electron chi connectivity index (χ4n) is 2.19. The summed E-state index contributed by atoms with van der Waals surface area (Å²) in [7, 11) is 0. The van der Waals surface area contributed by atoms with Crippen molar-refractivity contribution >= 4 is 22.1 Å². The summed E-state index contributed by atoms with van der Waals surface area (Å²) in [6.07, 6.45) is 0. The maximum absolute atomic E-state index is 6.13.